The number of benzene rings is 1. The van der Waals surface area contributed by atoms with Gasteiger partial charge in [-0.1, -0.05) is 19.1 Å². The van der Waals surface area contributed by atoms with Crippen molar-refractivity contribution in [3.05, 3.63) is 35.6 Å². The number of likely N-dealkylation sites (tertiary alicyclic amines) is 1. The van der Waals surface area contributed by atoms with Crippen LogP contribution in [-0.4, -0.2) is 29.8 Å². The minimum absolute atomic E-state index is 0.0131. The second-order valence-corrected chi connectivity index (χ2v) is 7.90. The molecular weight excluding hydrogens is 331 g/mol. The maximum absolute atomic E-state index is 12.9. The average Bonchev–Trinajstić information content (AvgIpc) is 2.67. The molecule has 0 spiro atoms. The predicted molar refractivity (Wildman–Crippen MR) is 98.7 cm³/mol. The lowest BCUT2D eigenvalue weighted by molar-refractivity contribution is -0.139. The zero-order valence-corrected chi connectivity index (χ0v) is 15.5. The SMILES string of the molecule is CC1CCN(C(=O)C2CCC(C(=O)NCc3ccc(F)cc3)CC2)CC1. The Morgan fingerprint density at radius 1 is 1.00 bits per heavy atom. The van der Waals surface area contributed by atoms with Gasteiger partial charge in [0.25, 0.3) is 0 Å². The van der Waals surface area contributed by atoms with Crippen LogP contribution in [0, 0.1) is 23.6 Å². The van der Waals surface area contributed by atoms with Crippen molar-refractivity contribution in [2.75, 3.05) is 13.1 Å². The van der Waals surface area contributed by atoms with E-state index in [-0.39, 0.29) is 23.6 Å². The third-order valence-corrected chi connectivity index (χ3v) is 5.92. The molecule has 1 aromatic carbocycles. The molecule has 1 saturated carbocycles. The Kier molecular flexibility index (Phi) is 6.28. The Labute approximate surface area is 155 Å². The van der Waals surface area contributed by atoms with E-state index in [1.807, 2.05) is 4.90 Å². The fourth-order valence-corrected chi connectivity index (χ4v) is 4.03. The van der Waals surface area contributed by atoms with Crippen molar-refractivity contribution in [2.45, 2.75) is 52.0 Å². The summed E-state index contributed by atoms with van der Waals surface area (Å²) < 4.78 is 12.9. The van der Waals surface area contributed by atoms with E-state index in [9.17, 15) is 14.0 Å². The van der Waals surface area contributed by atoms with Crippen molar-refractivity contribution in [2.24, 2.45) is 17.8 Å². The number of amides is 2. The molecule has 4 nitrogen and oxygen atoms in total. The molecule has 0 radical (unpaired) electrons. The van der Waals surface area contributed by atoms with Crippen molar-refractivity contribution in [3.8, 4) is 0 Å². The molecule has 0 aromatic heterocycles. The third-order valence-electron chi connectivity index (χ3n) is 5.92. The highest BCUT2D eigenvalue weighted by Crippen LogP contribution is 2.31. The van der Waals surface area contributed by atoms with Gasteiger partial charge in [-0.05, 0) is 62.1 Å². The topological polar surface area (TPSA) is 49.4 Å². The summed E-state index contributed by atoms with van der Waals surface area (Å²) in [5, 5.41) is 2.94. The molecule has 1 saturated heterocycles. The van der Waals surface area contributed by atoms with Gasteiger partial charge in [-0.25, -0.2) is 4.39 Å². The summed E-state index contributed by atoms with van der Waals surface area (Å²) in [4.78, 5) is 27.1. The molecule has 1 aliphatic carbocycles. The van der Waals surface area contributed by atoms with Gasteiger partial charge in [-0.15, -0.1) is 0 Å². The number of rotatable bonds is 4. The molecule has 5 heteroatoms. The first-order chi connectivity index (χ1) is 12.5. The van der Waals surface area contributed by atoms with Gasteiger partial charge in [0.2, 0.25) is 11.8 Å². The van der Waals surface area contributed by atoms with E-state index in [0.717, 1.165) is 63.1 Å². The van der Waals surface area contributed by atoms with Crippen LogP contribution < -0.4 is 5.32 Å². The average molecular weight is 360 g/mol. The van der Waals surface area contributed by atoms with E-state index in [4.69, 9.17) is 0 Å². The Morgan fingerprint density at radius 2 is 1.58 bits per heavy atom. The van der Waals surface area contributed by atoms with Gasteiger partial charge >= 0.3 is 0 Å². The largest absolute Gasteiger partial charge is 0.352 e. The second-order valence-electron chi connectivity index (χ2n) is 7.90. The van der Waals surface area contributed by atoms with Crippen molar-refractivity contribution in [1.29, 1.82) is 0 Å². The maximum atomic E-state index is 12.9. The summed E-state index contributed by atoms with van der Waals surface area (Å²) in [5.41, 5.74) is 0.892. The van der Waals surface area contributed by atoms with Gasteiger partial charge < -0.3 is 10.2 Å². The Hall–Kier alpha value is -1.91. The van der Waals surface area contributed by atoms with Crippen LogP contribution in [0.2, 0.25) is 0 Å². The molecule has 142 valence electrons. The molecule has 26 heavy (non-hydrogen) atoms. The number of hydrogen-bond donors (Lipinski definition) is 1. The maximum Gasteiger partial charge on any atom is 0.225 e. The first-order valence-corrected chi connectivity index (χ1v) is 9.84. The fourth-order valence-electron chi connectivity index (χ4n) is 4.03. The van der Waals surface area contributed by atoms with E-state index >= 15 is 0 Å². The summed E-state index contributed by atoms with van der Waals surface area (Å²) in [6.07, 6.45) is 5.37. The van der Waals surface area contributed by atoms with E-state index in [1.165, 1.54) is 12.1 Å². The minimum atomic E-state index is -0.272. The first-order valence-electron chi connectivity index (χ1n) is 9.84. The highest BCUT2D eigenvalue weighted by atomic mass is 19.1. The molecule has 1 aromatic rings. The van der Waals surface area contributed by atoms with E-state index in [0.29, 0.717) is 12.5 Å². The highest BCUT2D eigenvalue weighted by molar-refractivity contribution is 5.81. The van der Waals surface area contributed by atoms with Crippen LogP contribution in [0.15, 0.2) is 24.3 Å². The molecule has 2 aliphatic rings. The van der Waals surface area contributed by atoms with Crippen LogP contribution in [-0.2, 0) is 16.1 Å². The van der Waals surface area contributed by atoms with E-state index < -0.39 is 0 Å². The van der Waals surface area contributed by atoms with Crippen LogP contribution in [0.4, 0.5) is 4.39 Å². The summed E-state index contributed by atoms with van der Waals surface area (Å²) in [7, 11) is 0. The van der Waals surface area contributed by atoms with Crippen molar-refractivity contribution in [3.63, 3.8) is 0 Å². The van der Waals surface area contributed by atoms with E-state index in [1.54, 1.807) is 12.1 Å². The van der Waals surface area contributed by atoms with Crippen molar-refractivity contribution >= 4 is 11.8 Å². The van der Waals surface area contributed by atoms with Crippen molar-refractivity contribution in [1.82, 2.24) is 10.2 Å². The molecule has 2 fully saturated rings. The Morgan fingerprint density at radius 3 is 2.19 bits per heavy atom. The van der Waals surface area contributed by atoms with Crippen LogP contribution in [0.1, 0.15) is 51.0 Å². The number of carbonyl (C=O) groups excluding carboxylic acids is 2. The number of nitrogens with one attached hydrogen (secondary N) is 1. The lowest BCUT2D eigenvalue weighted by Gasteiger charge is -2.35. The quantitative estimate of drug-likeness (QED) is 0.893. The van der Waals surface area contributed by atoms with Gasteiger partial charge in [-0.3, -0.25) is 9.59 Å². The lowest BCUT2D eigenvalue weighted by atomic mass is 9.80. The first kappa shape index (κ1) is 18.9. The van der Waals surface area contributed by atoms with Gasteiger partial charge in [0.15, 0.2) is 0 Å². The summed E-state index contributed by atoms with van der Waals surface area (Å²) in [6, 6.07) is 6.18. The van der Waals surface area contributed by atoms with Gasteiger partial charge in [0.1, 0.15) is 5.82 Å². The monoisotopic (exact) mass is 360 g/mol. The summed E-state index contributed by atoms with van der Waals surface area (Å²) >= 11 is 0. The summed E-state index contributed by atoms with van der Waals surface area (Å²) in [6.45, 7) is 4.44. The second kappa shape index (κ2) is 8.65. The third kappa shape index (κ3) is 4.83. The fraction of sp³-hybridized carbons (Fsp3) is 0.619. The molecule has 1 N–H and O–H groups in total. The lowest BCUT2D eigenvalue weighted by Crippen LogP contribution is -2.43. The van der Waals surface area contributed by atoms with Crippen LogP contribution >= 0.6 is 0 Å². The summed E-state index contributed by atoms with van der Waals surface area (Å²) in [5.74, 6) is 0.866. The molecule has 2 amide bonds. The predicted octanol–water partition coefficient (Wildman–Crippen LogP) is 3.51. The molecule has 0 bridgehead atoms. The van der Waals surface area contributed by atoms with Crippen LogP contribution in [0.25, 0.3) is 0 Å². The molecule has 3 rings (SSSR count). The van der Waals surface area contributed by atoms with E-state index in [2.05, 4.69) is 12.2 Å². The molecule has 0 unspecified atom stereocenters. The number of piperidine rings is 1. The Balaban J connectivity index is 1.42. The zero-order valence-electron chi connectivity index (χ0n) is 15.5. The molecule has 0 atom stereocenters. The van der Waals surface area contributed by atoms with Crippen LogP contribution in [0.5, 0.6) is 0 Å². The smallest absolute Gasteiger partial charge is 0.225 e. The van der Waals surface area contributed by atoms with Gasteiger partial charge in [-0.2, -0.15) is 0 Å². The zero-order chi connectivity index (χ0) is 18.5. The number of nitrogens with zero attached hydrogens (tertiary/aromatic N) is 1. The van der Waals surface area contributed by atoms with Gasteiger partial charge in [0, 0.05) is 31.5 Å². The minimum Gasteiger partial charge on any atom is -0.352 e. The molecule has 1 aliphatic heterocycles. The highest BCUT2D eigenvalue weighted by Gasteiger charge is 2.33. The number of hydrogen-bond acceptors (Lipinski definition) is 2. The Bertz CT molecular complexity index is 615. The molecule has 1 heterocycles. The molecular formula is C21H29FN2O2. The normalized spacial score (nSPS) is 24.3. The van der Waals surface area contributed by atoms with Crippen LogP contribution in [0.3, 0.4) is 0 Å². The number of carbonyl (C=O) groups is 2. The van der Waals surface area contributed by atoms with Crippen molar-refractivity contribution < 1.29 is 14.0 Å². The standard InChI is InChI=1S/C21H29FN2O2/c1-15-10-12-24(13-11-15)21(26)18-6-4-17(5-7-18)20(25)23-14-16-2-8-19(22)9-3-16/h2-3,8-9,15,17-18H,4-7,10-14H2,1H3,(H,23,25). The number of halogens is 1. The van der Waals surface area contributed by atoms with Gasteiger partial charge in [0.05, 0.1) is 0 Å².